The highest BCUT2D eigenvalue weighted by atomic mass is 16.6. The third kappa shape index (κ3) is 3.43. The van der Waals surface area contributed by atoms with Crippen molar-refractivity contribution in [1.82, 2.24) is 5.32 Å². The van der Waals surface area contributed by atoms with E-state index in [2.05, 4.69) is 10.2 Å². The number of hydrogen-bond acceptors (Lipinski definition) is 2. The zero-order valence-electron chi connectivity index (χ0n) is 9.59. The van der Waals surface area contributed by atoms with Gasteiger partial charge in [0, 0.05) is 0 Å². The molecule has 84 valence electrons. The van der Waals surface area contributed by atoms with Crippen molar-refractivity contribution in [3.63, 3.8) is 0 Å². The highest BCUT2D eigenvalue weighted by molar-refractivity contribution is 5.69. The molecular weight excluding hydrogens is 192 g/mol. The van der Waals surface area contributed by atoms with Gasteiger partial charge >= 0.3 is 6.09 Å². The summed E-state index contributed by atoms with van der Waals surface area (Å²) in [7, 11) is 0. The Hall–Kier alpha value is -1.24. The molecule has 0 saturated heterocycles. The van der Waals surface area contributed by atoms with Crippen LogP contribution in [0, 0.1) is 6.57 Å². The zero-order valence-corrected chi connectivity index (χ0v) is 9.59. The molecule has 0 heterocycles. The molecule has 0 unspecified atom stereocenters. The van der Waals surface area contributed by atoms with Gasteiger partial charge in [0.05, 0.1) is 0 Å². The maximum atomic E-state index is 11.5. The first-order chi connectivity index (χ1) is 6.87. The fourth-order valence-electron chi connectivity index (χ4n) is 1.60. The van der Waals surface area contributed by atoms with E-state index in [9.17, 15) is 4.79 Å². The fraction of sp³-hybridized carbons (Fsp3) is 0.818. The van der Waals surface area contributed by atoms with E-state index in [1.165, 1.54) is 0 Å². The lowest BCUT2D eigenvalue weighted by atomic mass is 9.77. The minimum absolute atomic E-state index is 0.315. The number of carbonyl (C=O) groups excluding carboxylic acids is 1. The van der Waals surface area contributed by atoms with Gasteiger partial charge in [0.25, 0.3) is 0 Å². The Morgan fingerprint density at radius 1 is 1.53 bits per heavy atom. The number of ether oxygens (including phenoxy) is 1. The van der Waals surface area contributed by atoms with Crippen molar-refractivity contribution in [2.45, 2.75) is 51.2 Å². The molecule has 0 atom stereocenters. The maximum Gasteiger partial charge on any atom is 0.408 e. The second-order valence-electron chi connectivity index (χ2n) is 5.08. The molecule has 0 spiro atoms. The van der Waals surface area contributed by atoms with Crippen LogP contribution in [-0.4, -0.2) is 23.8 Å². The van der Waals surface area contributed by atoms with Crippen LogP contribution >= 0.6 is 0 Å². The first-order valence-electron chi connectivity index (χ1n) is 5.21. The van der Waals surface area contributed by atoms with Crippen LogP contribution in [-0.2, 0) is 4.74 Å². The third-order valence-electron chi connectivity index (χ3n) is 2.46. The molecular formula is C11H18N2O2. The number of nitrogens with one attached hydrogen (secondary N) is 1. The standard InChI is InChI=1S/C11H18N2O2/c1-10(2,3)15-9(14)13-11(8-12-4)6-5-7-11/h5-8H2,1-3H3,(H,13,14). The van der Waals surface area contributed by atoms with Crippen molar-refractivity contribution in [2.75, 3.05) is 6.54 Å². The van der Waals surface area contributed by atoms with E-state index in [4.69, 9.17) is 11.3 Å². The Morgan fingerprint density at radius 3 is 2.47 bits per heavy atom. The number of nitrogens with zero attached hydrogens (tertiary/aromatic N) is 1. The molecule has 0 aromatic carbocycles. The Labute approximate surface area is 90.8 Å². The topological polar surface area (TPSA) is 42.7 Å². The molecule has 1 N–H and O–H groups in total. The number of carbonyl (C=O) groups is 1. The summed E-state index contributed by atoms with van der Waals surface area (Å²) in [4.78, 5) is 14.9. The van der Waals surface area contributed by atoms with Crippen molar-refractivity contribution in [3.05, 3.63) is 11.4 Å². The van der Waals surface area contributed by atoms with Crippen LogP contribution in [0.25, 0.3) is 4.85 Å². The number of rotatable bonds is 2. The van der Waals surface area contributed by atoms with Gasteiger partial charge in [0.15, 0.2) is 0 Å². The van der Waals surface area contributed by atoms with Crippen molar-refractivity contribution in [2.24, 2.45) is 0 Å². The van der Waals surface area contributed by atoms with Gasteiger partial charge in [-0.1, -0.05) is 0 Å². The molecule has 4 nitrogen and oxygen atoms in total. The van der Waals surface area contributed by atoms with Gasteiger partial charge in [-0.05, 0) is 40.0 Å². The van der Waals surface area contributed by atoms with Crippen LogP contribution in [0.3, 0.4) is 0 Å². The molecule has 15 heavy (non-hydrogen) atoms. The SMILES string of the molecule is [C-]#[N+]CC1(NC(=O)OC(C)(C)C)CCC1. The summed E-state index contributed by atoms with van der Waals surface area (Å²) in [6.45, 7) is 12.7. The minimum atomic E-state index is -0.479. The number of amides is 1. The predicted molar refractivity (Wildman–Crippen MR) is 57.4 cm³/mol. The van der Waals surface area contributed by atoms with Gasteiger partial charge in [-0.15, -0.1) is 0 Å². The van der Waals surface area contributed by atoms with Crippen molar-refractivity contribution in [1.29, 1.82) is 0 Å². The van der Waals surface area contributed by atoms with Crippen LogP contribution < -0.4 is 5.32 Å². The normalized spacial score (nSPS) is 18.5. The molecule has 0 aliphatic heterocycles. The second-order valence-corrected chi connectivity index (χ2v) is 5.08. The molecule has 0 radical (unpaired) electrons. The quantitative estimate of drug-likeness (QED) is 0.711. The number of alkyl carbamates (subject to hydrolysis) is 1. The molecule has 0 aromatic rings. The van der Waals surface area contributed by atoms with Crippen LogP contribution in [0.2, 0.25) is 0 Å². The summed E-state index contributed by atoms with van der Waals surface area (Å²) in [5, 5.41) is 2.81. The second kappa shape index (κ2) is 4.09. The Bertz CT molecular complexity index is 282. The Balaban J connectivity index is 2.46. The monoisotopic (exact) mass is 210 g/mol. The molecule has 1 saturated carbocycles. The van der Waals surface area contributed by atoms with Gasteiger partial charge in [-0.25, -0.2) is 11.4 Å². The van der Waals surface area contributed by atoms with Crippen molar-refractivity contribution in [3.8, 4) is 0 Å². The largest absolute Gasteiger partial charge is 0.444 e. The smallest absolute Gasteiger partial charge is 0.408 e. The van der Waals surface area contributed by atoms with Crippen LogP contribution in [0.1, 0.15) is 40.0 Å². The minimum Gasteiger partial charge on any atom is -0.444 e. The molecule has 1 aliphatic rings. The average molecular weight is 210 g/mol. The van der Waals surface area contributed by atoms with Crippen LogP contribution in [0.15, 0.2) is 0 Å². The molecule has 4 heteroatoms. The van der Waals surface area contributed by atoms with Crippen LogP contribution in [0.4, 0.5) is 4.79 Å². The lowest BCUT2D eigenvalue weighted by Gasteiger charge is -2.38. The molecule has 1 fully saturated rings. The first kappa shape index (κ1) is 11.8. The van der Waals surface area contributed by atoms with Gasteiger partial charge in [-0.3, -0.25) is 0 Å². The Kier molecular flexibility index (Phi) is 3.23. The van der Waals surface area contributed by atoms with E-state index < -0.39 is 11.7 Å². The molecule has 0 bridgehead atoms. The average Bonchev–Trinajstić information content (AvgIpc) is 1.96. The first-order valence-corrected chi connectivity index (χ1v) is 5.21. The van der Waals surface area contributed by atoms with Crippen LogP contribution in [0.5, 0.6) is 0 Å². The summed E-state index contributed by atoms with van der Waals surface area (Å²) < 4.78 is 5.16. The molecule has 0 aromatic heterocycles. The van der Waals surface area contributed by atoms with Gasteiger partial charge in [-0.2, -0.15) is 0 Å². The maximum absolute atomic E-state index is 11.5. The summed E-state index contributed by atoms with van der Waals surface area (Å²) in [6, 6.07) is 0. The predicted octanol–water partition coefficient (Wildman–Crippen LogP) is 2.35. The van der Waals surface area contributed by atoms with Crippen molar-refractivity contribution < 1.29 is 9.53 Å². The fourth-order valence-corrected chi connectivity index (χ4v) is 1.60. The van der Waals surface area contributed by atoms with Gasteiger partial charge in [0.1, 0.15) is 11.1 Å². The molecule has 1 aliphatic carbocycles. The highest BCUT2D eigenvalue weighted by Crippen LogP contribution is 2.32. The van der Waals surface area contributed by atoms with Gasteiger partial charge in [0.2, 0.25) is 6.54 Å². The lowest BCUT2D eigenvalue weighted by molar-refractivity contribution is 0.0402. The molecule has 1 rings (SSSR count). The summed E-state index contributed by atoms with van der Waals surface area (Å²) in [5.74, 6) is 0. The van der Waals surface area contributed by atoms with Crippen molar-refractivity contribution >= 4 is 6.09 Å². The van der Waals surface area contributed by atoms with E-state index in [0.29, 0.717) is 6.54 Å². The summed E-state index contributed by atoms with van der Waals surface area (Å²) in [6.07, 6.45) is 2.43. The molecule has 1 amide bonds. The zero-order chi connectivity index (χ0) is 11.5. The summed E-state index contributed by atoms with van der Waals surface area (Å²) in [5.41, 5.74) is -0.794. The van der Waals surface area contributed by atoms with E-state index in [1.54, 1.807) is 0 Å². The summed E-state index contributed by atoms with van der Waals surface area (Å²) >= 11 is 0. The van der Waals surface area contributed by atoms with E-state index in [0.717, 1.165) is 19.3 Å². The highest BCUT2D eigenvalue weighted by Gasteiger charge is 2.42. The van der Waals surface area contributed by atoms with Gasteiger partial charge < -0.3 is 14.9 Å². The lowest BCUT2D eigenvalue weighted by Crippen LogP contribution is -2.56. The van der Waals surface area contributed by atoms with E-state index in [-0.39, 0.29) is 5.54 Å². The van der Waals surface area contributed by atoms with E-state index >= 15 is 0 Å². The third-order valence-corrected chi connectivity index (χ3v) is 2.46. The van der Waals surface area contributed by atoms with E-state index in [1.807, 2.05) is 20.8 Å². The number of hydrogen-bond donors (Lipinski definition) is 1. The Morgan fingerprint density at radius 2 is 2.13 bits per heavy atom.